The van der Waals surface area contributed by atoms with E-state index in [0.29, 0.717) is 5.92 Å². The van der Waals surface area contributed by atoms with E-state index < -0.39 is 6.10 Å². The minimum absolute atomic E-state index is 0.266. The summed E-state index contributed by atoms with van der Waals surface area (Å²) in [5, 5.41) is 25.4. The van der Waals surface area contributed by atoms with Crippen molar-refractivity contribution in [2.45, 2.75) is 25.9 Å². The fraction of sp³-hybridized carbons (Fsp3) is 0.500. The second kappa shape index (κ2) is 5.32. The van der Waals surface area contributed by atoms with Gasteiger partial charge in [-0.3, -0.25) is 0 Å². The zero-order valence-corrected chi connectivity index (χ0v) is 10.5. The van der Waals surface area contributed by atoms with Crippen LogP contribution in [0, 0.1) is 0 Å². The number of nitrogens with zero attached hydrogens (tertiary/aromatic N) is 3. The van der Waals surface area contributed by atoms with Crippen LogP contribution >= 0.6 is 0 Å². The molecule has 1 atom stereocenters. The van der Waals surface area contributed by atoms with E-state index in [9.17, 15) is 5.11 Å². The summed E-state index contributed by atoms with van der Waals surface area (Å²) in [6, 6.07) is 3.74. The number of fused-ring (bicyclic) bond motifs is 1. The molecule has 2 aromatic heterocycles. The lowest BCUT2D eigenvalue weighted by Gasteiger charge is -2.13. The van der Waals surface area contributed by atoms with Crippen molar-refractivity contribution in [3.05, 3.63) is 24.0 Å². The molecule has 0 fully saturated rings. The number of aliphatic hydroxyl groups excluding tert-OH is 2. The van der Waals surface area contributed by atoms with Crippen molar-refractivity contribution in [2.75, 3.05) is 18.5 Å². The molecular formula is C12H18N4O2. The first-order valence-corrected chi connectivity index (χ1v) is 5.99. The summed E-state index contributed by atoms with van der Waals surface area (Å²) in [6.07, 6.45) is 0.895. The van der Waals surface area contributed by atoms with Gasteiger partial charge in [-0.2, -0.15) is 9.61 Å². The molecule has 98 valence electrons. The van der Waals surface area contributed by atoms with Gasteiger partial charge in [0.1, 0.15) is 5.82 Å². The third-order valence-corrected chi connectivity index (χ3v) is 2.70. The van der Waals surface area contributed by atoms with Gasteiger partial charge < -0.3 is 15.5 Å². The van der Waals surface area contributed by atoms with Crippen molar-refractivity contribution in [2.24, 2.45) is 0 Å². The van der Waals surface area contributed by atoms with Crippen LogP contribution in [0.2, 0.25) is 0 Å². The SMILES string of the molecule is CC(C)c1cc(NC[C@H](O)CO)n2nccc2n1. The smallest absolute Gasteiger partial charge is 0.157 e. The van der Waals surface area contributed by atoms with Gasteiger partial charge in [0.2, 0.25) is 0 Å². The zero-order chi connectivity index (χ0) is 13.1. The Morgan fingerprint density at radius 1 is 1.44 bits per heavy atom. The third-order valence-electron chi connectivity index (χ3n) is 2.70. The minimum atomic E-state index is -0.786. The Morgan fingerprint density at radius 2 is 2.22 bits per heavy atom. The minimum Gasteiger partial charge on any atom is -0.394 e. The van der Waals surface area contributed by atoms with Crippen molar-refractivity contribution in [1.29, 1.82) is 0 Å². The van der Waals surface area contributed by atoms with Gasteiger partial charge in [-0.25, -0.2) is 4.98 Å². The van der Waals surface area contributed by atoms with Crippen LogP contribution in [0.15, 0.2) is 18.3 Å². The van der Waals surface area contributed by atoms with Crippen LogP contribution in [0.3, 0.4) is 0 Å². The van der Waals surface area contributed by atoms with E-state index in [1.165, 1.54) is 0 Å². The lowest BCUT2D eigenvalue weighted by atomic mass is 10.1. The maximum atomic E-state index is 9.36. The Morgan fingerprint density at radius 3 is 2.89 bits per heavy atom. The molecule has 0 amide bonds. The summed E-state index contributed by atoms with van der Waals surface area (Å²) in [5.41, 5.74) is 1.73. The van der Waals surface area contributed by atoms with Crippen molar-refractivity contribution >= 4 is 11.5 Å². The zero-order valence-electron chi connectivity index (χ0n) is 10.5. The first-order chi connectivity index (χ1) is 8.61. The predicted molar refractivity (Wildman–Crippen MR) is 68.7 cm³/mol. The molecule has 2 rings (SSSR count). The molecule has 2 heterocycles. The monoisotopic (exact) mass is 250 g/mol. The molecule has 0 aliphatic heterocycles. The molecule has 18 heavy (non-hydrogen) atoms. The highest BCUT2D eigenvalue weighted by atomic mass is 16.3. The highest BCUT2D eigenvalue weighted by molar-refractivity contribution is 5.49. The number of hydrogen-bond donors (Lipinski definition) is 3. The normalized spacial score (nSPS) is 13.2. The van der Waals surface area contributed by atoms with Gasteiger partial charge in [-0.05, 0) is 5.92 Å². The van der Waals surface area contributed by atoms with Crippen molar-refractivity contribution in [3.63, 3.8) is 0 Å². The van der Waals surface area contributed by atoms with Crippen LogP contribution < -0.4 is 5.32 Å². The average Bonchev–Trinajstić information content (AvgIpc) is 2.83. The quantitative estimate of drug-likeness (QED) is 0.724. The largest absolute Gasteiger partial charge is 0.394 e. The van der Waals surface area contributed by atoms with E-state index in [0.717, 1.165) is 17.2 Å². The summed E-state index contributed by atoms with van der Waals surface area (Å²) in [5.74, 6) is 1.08. The standard InChI is InChI=1S/C12H18N4O2/c1-8(2)10-5-12(13-6-9(18)7-17)16-11(15-10)3-4-14-16/h3-5,8-9,13,17-18H,6-7H2,1-2H3/t9-/m0/s1. The maximum absolute atomic E-state index is 9.36. The molecule has 6 nitrogen and oxygen atoms in total. The number of anilines is 1. The summed E-state index contributed by atoms with van der Waals surface area (Å²) in [6.45, 7) is 4.15. The average molecular weight is 250 g/mol. The van der Waals surface area contributed by atoms with E-state index in [1.807, 2.05) is 12.1 Å². The molecule has 0 aromatic carbocycles. The van der Waals surface area contributed by atoms with Gasteiger partial charge in [0.25, 0.3) is 0 Å². The van der Waals surface area contributed by atoms with Gasteiger partial charge in [0.05, 0.1) is 18.9 Å². The number of rotatable bonds is 5. The molecule has 6 heteroatoms. The fourth-order valence-electron chi connectivity index (χ4n) is 1.64. The molecule has 3 N–H and O–H groups in total. The topological polar surface area (TPSA) is 82.7 Å². The third kappa shape index (κ3) is 2.60. The Kier molecular flexibility index (Phi) is 3.78. The van der Waals surface area contributed by atoms with Gasteiger partial charge in [-0.15, -0.1) is 0 Å². The number of hydrogen-bond acceptors (Lipinski definition) is 5. The molecular weight excluding hydrogens is 232 g/mol. The highest BCUT2D eigenvalue weighted by Crippen LogP contribution is 2.18. The summed E-state index contributed by atoms with van der Waals surface area (Å²) < 4.78 is 1.68. The summed E-state index contributed by atoms with van der Waals surface area (Å²) in [4.78, 5) is 4.49. The molecule has 0 aliphatic rings. The van der Waals surface area contributed by atoms with Crippen LogP contribution in [-0.4, -0.2) is 44.1 Å². The van der Waals surface area contributed by atoms with Crippen LogP contribution in [-0.2, 0) is 0 Å². The van der Waals surface area contributed by atoms with Gasteiger partial charge in [-0.1, -0.05) is 13.8 Å². The maximum Gasteiger partial charge on any atom is 0.157 e. The summed E-state index contributed by atoms with van der Waals surface area (Å²) >= 11 is 0. The second-order valence-electron chi connectivity index (χ2n) is 4.54. The van der Waals surface area contributed by atoms with Crippen LogP contribution in [0.1, 0.15) is 25.5 Å². The molecule has 0 saturated heterocycles. The molecule has 0 spiro atoms. The van der Waals surface area contributed by atoms with Crippen LogP contribution in [0.4, 0.5) is 5.82 Å². The summed E-state index contributed by atoms with van der Waals surface area (Å²) in [7, 11) is 0. The lowest BCUT2D eigenvalue weighted by molar-refractivity contribution is 0.105. The highest BCUT2D eigenvalue weighted by Gasteiger charge is 2.10. The Bertz CT molecular complexity index is 524. The van der Waals surface area contributed by atoms with Gasteiger partial charge >= 0.3 is 0 Å². The first kappa shape index (κ1) is 12.8. The molecule has 0 saturated carbocycles. The number of nitrogens with one attached hydrogen (secondary N) is 1. The van der Waals surface area contributed by atoms with Crippen LogP contribution in [0.25, 0.3) is 5.65 Å². The molecule has 0 aliphatic carbocycles. The van der Waals surface area contributed by atoms with E-state index in [-0.39, 0.29) is 13.2 Å². The van der Waals surface area contributed by atoms with Crippen LogP contribution in [0.5, 0.6) is 0 Å². The Hall–Kier alpha value is -1.66. The molecule has 0 bridgehead atoms. The predicted octanol–water partition coefficient (Wildman–Crippen LogP) is 0.618. The van der Waals surface area contributed by atoms with Crippen molar-refractivity contribution in [3.8, 4) is 0 Å². The molecule has 2 aromatic rings. The number of aromatic nitrogens is 3. The second-order valence-corrected chi connectivity index (χ2v) is 4.54. The van der Waals surface area contributed by atoms with Gasteiger partial charge in [0, 0.05) is 24.4 Å². The van der Waals surface area contributed by atoms with E-state index in [2.05, 4.69) is 29.2 Å². The van der Waals surface area contributed by atoms with E-state index in [4.69, 9.17) is 5.11 Å². The lowest BCUT2D eigenvalue weighted by Crippen LogP contribution is -2.24. The Balaban J connectivity index is 2.31. The van der Waals surface area contributed by atoms with Gasteiger partial charge in [0.15, 0.2) is 5.65 Å². The Labute approximate surface area is 105 Å². The van der Waals surface area contributed by atoms with E-state index >= 15 is 0 Å². The van der Waals surface area contributed by atoms with E-state index in [1.54, 1.807) is 10.7 Å². The fourth-order valence-corrected chi connectivity index (χ4v) is 1.64. The molecule has 0 unspecified atom stereocenters. The number of aliphatic hydroxyl groups is 2. The first-order valence-electron chi connectivity index (χ1n) is 5.99. The molecule has 0 radical (unpaired) electrons. The van der Waals surface area contributed by atoms with Crippen molar-refractivity contribution in [1.82, 2.24) is 14.6 Å². The van der Waals surface area contributed by atoms with Crippen molar-refractivity contribution < 1.29 is 10.2 Å².